The van der Waals surface area contributed by atoms with E-state index in [0.717, 1.165) is 40.6 Å². The second kappa shape index (κ2) is 7.83. The summed E-state index contributed by atoms with van der Waals surface area (Å²) in [6.45, 7) is 5.92. The molecule has 0 bridgehead atoms. The minimum atomic E-state index is -0.0169. The van der Waals surface area contributed by atoms with E-state index >= 15 is 0 Å². The van der Waals surface area contributed by atoms with Crippen LogP contribution in [0.1, 0.15) is 58.7 Å². The Kier molecular flexibility index (Phi) is 5.26. The molecule has 1 aromatic carbocycles. The lowest BCUT2D eigenvalue weighted by molar-refractivity contribution is 0.0931. The molecule has 1 saturated carbocycles. The average Bonchev–Trinajstić information content (AvgIpc) is 3.26. The van der Waals surface area contributed by atoms with Crippen LogP contribution in [-0.4, -0.2) is 31.9 Å². The quantitative estimate of drug-likeness (QED) is 0.711. The molecule has 6 nitrogen and oxygen atoms in total. The summed E-state index contributed by atoms with van der Waals surface area (Å²) in [7, 11) is 0. The second-order valence-corrected chi connectivity index (χ2v) is 8.51. The van der Waals surface area contributed by atoms with Gasteiger partial charge in [-0.25, -0.2) is 9.67 Å². The minimum Gasteiger partial charge on any atom is -0.349 e. The van der Waals surface area contributed by atoms with Gasteiger partial charge in [-0.3, -0.25) is 4.79 Å². The summed E-state index contributed by atoms with van der Waals surface area (Å²) in [6.07, 6.45) is 5.80. The molecular formula is C21H25N5OS. The molecule has 7 heteroatoms. The van der Waals surface area contributed by atoms with E-state index < -0.39 is 0 Å². The molecule has 0 spiro atoms. The van der Waals surface area contributed by atoms with Gasteiger partial charge in [-0.05, 0) is 45.7 Å². The molecule has 0 aliphatic heterocycles. The van der Waals surface area contributed by atoms with Gasteiger partial charge in [0.25, 0.3) is 5.91 Å². The van der Waals surface area contributed by atoms with Crippen molar-refractivity contribution in [2.24, 2.45) is 0 Å². The van der Waals surface area contributed by atoms with Crippen LogP contribution in [-0.2, 0) is 0 Å². The largest absolute Gasteiger partial charge is 0.349 e. The van der Waals surface area contributed by atoms with Crippen molar-refractivity contribution in [3.63, 3.8) is 0 Å². The van der Waals surface area contributed by atoms with Gasteiger partial charge in [0.05, 0.1) is 17.1 Å². The highest BCUT2D eigenvalue weighted by Gasteiger charge is 2.23. The number of nitrogens with one attached hydrogen (secondary N) is 1. The number of benzene rings is 1. The van der Waals surface area contributed by atoms with Gasteiger partial charge in [-0.15, -0.1) is 16.4 Å². The lowest BCUT2D eigenvalue weighted by Crippen LogP contribution is -2.36. The zero-order valence-electron chi connectivity index (χ0n) is 16.5. The summed E-state index contributed by atoms with van der Waals surface area (Å²) in [5.41, 5.74) is 4.55. The standard InChI is InChI=1S/C21H25N5OS/c1-13-9-11-17(12-10-13)26-15(3)18(24-25-26)21-22-14(2)19(28-21)20(27)23-16-7-5-4-6-8-16/h9-12,16H,4-8H2,1-3H3,(H,23,27). The van der Waals surface area contributed by atoms with E-state index in [1.165, 1.54) is 36.2 Å². The van der Waals surface area contributed by atoms with E-state index in [4.69, 9.17) is 0 Å². The lowest BCUT2D eigenvalue weighted by Gasteiger charge is -2.22. The molecule has 2 aromatic heterocycles. The summed E-state index contributed by atoms with van der Waals surface area (Å²) in [5, 5.41) is 12.6. The minimum absolute atomic E-state index is 0.0169. The van der Waals surface area contributed by atoms with Gasteiger partial charge in [0, 0.05) is 6.04 Å². The number of hydrogen-bond acceptors (Lipinski definition) is 5. The molecule has 1 fully saturated rings. The predicted molar refractivity (Wildman–Crippen MR) is 111 cm³/mol. The maximum absolute atomic E-state index is 12.7. The van der Waals surface area contributed by atoms with Gasteiger partial charge in [-0.1, -0.05) is 42.2 Å². The van der Waals surface area contributed by atoms with E-state index in [0.29, 0.717) is 4.88 Å². The van der Waals surface area contributed by atoms with E-state index in [9.17, 15) is 4.79 Å². The van der Waals surface area contributed by atoms with Crippen molar-refractivity contribution in [1.82, 2.24) is 25.3 Å². The van der Waals surface area contributed by atoms with Crippen molar-refractivity contribution in [3.8, 4) is 16.4 Å². The van der Waals surface area contributed by atoms with Crippen molar-refractivity contribution in [2.45, 2.75) is 58.9 Å². The first-order chi connectivity index (χ1) is 13.5. The van der Waals surface area contributed by atoms with Crippen LogP contribution in [0.3, 0.4) is 0 Å². The summed E-state index contributed by atoms with van der Waals surface area (Å²) < 4.78 is 1.81. The third-order valence-electron chi connectivity index (χ3n) is 5.32. The maximum atomic E-state index is 12.7. The highest BCUT2D eigenvalue weighted by atomic mass is 32.1. The molecule has 1 aliphatic rings. The lowest BCUT2D eigenvalue weighted by atomic mass is 9.95. The Morgan fingerprint density at radius 1 is 1.11 bits per heavy atom. The first-order valence-corrected chi connectivity index (χ1v) is 10.6. The Morgan fingerprint density at radius 3 is 2.54 bits per heavy atom. The van der Waals surface area contributed by atoms with E-state index in [-0.39, 0.29) is 11.9 Å². The topological polar surface area (TPSA) is 72.7 Å². The average molecular weight is 396 g/mol. The van der Waals surface area contributed by atoms with Gasteiger partial charge >= 0.3 is 0 Å². The Hall–Kier alpha value is -2.54. The second-order valence-electron chi connectivity index (χ2n) is 7.51. The molecule has 1 amide bonds. The number of carbonyl (C=O) groups excluding carboxylic acids is 1. The Balaban J connectivity index is 1.58. The van der Waals surface area contributed by atoms with Crippen LogP contribution < -0.4 is 5.32 Å². The normalized spacial score (nSPS) is 15.0. The van der Waals surface area contributed by atoms with Crippen LogP contribution in [0, 0.1) is 20.8 Å². The number of amides is 1. The van der Waals surface area contributed by atoms with Crippen LogP contribution in [0.25, 0.3) is 16.4 Å². The fourth-order valence-electron chi connectivity index (χ4n) is 3.66. The number of carbonyl (C=O) groups is 1. The number of rotatable bonds is 4. The summed E-state index contributed by atoms with van der Waals surface area (Å²) in [6, 6.07) is 8.44. The summed E-state index contributed by atoms with van der Waals surface area (Å²) >= 11 is 1.40. The Bertz CT molecular complexity index is 983. The van der Waals surface area contributed by atoms with Crippen molar-refractivity contribution < 1.29 is 4.79 Å². The van der Waals surface area contributed by atoms with E-state index in [2.05, 4.69) is 39.7 Å². The highest BCUT2D eigenvalue weighted by Crippen LogP contribution is 2.30. The molecular weight excluding hydrogens is 370 g/mol. The number of nitrogens with zero attached hydrogens (tertiary/aromatic N) is 4. The smallest absolute Gasteiger partial charge is 0.263 e. The molecule has 1 aliphatic carbocycles. The Morgan fingerprint density at radius 2 is 1.82 bits per heavy atom. The molecule has 3 aromatic rings. The predicted octanol–water partition coefficient (Wildman–Crippen LogP) is 4.38. The van der Waals surface area contributed by atoms with Gasteiger partial charge < -0.3 is 5.32 Å². The molecule has 2 heterocycles. The highest BCUT2D eigenvalue weighted by molar-refractivity contribution is 7.17. The summed E-state index contributed by atoms with van der Waals surface area (Å²) in [4.78, 5) is 18.0. The molecule has 28 heavy (non-hydrogen) atoms. The van der Waals surface area contributed by atoms with Crippen LogP contribution in [0.5, 0.6) is 0 Å². The molecule has 4 rings (SSSR count). The van der Waals surface area contributed by atoms with Gasteiger partial charge in [0.15, 0.2) is 0 Å². The van der Waals surface area contributed by atoms with Crippen molar-refractivity contribution in [1.29, 1.82) is 0 Å². The van der Waals surface area contributed by atoms with Gasteiger partial charge in [0.1, 0.15) is 15.6 Å². The number of hydrogen-bond donors (Lipinski definition) is 1. The molecule has 146 valence electrons. The number of aryl methyl sites for hydroxylation is 2. The maximum Gasteiger partial charge on any atom is 0.263 e. The summed E-state index contributed by atoms with van der Waals surface area (Å²) in [5.74, 6) is -0.0169. The van der Waals surface area contributed by atoms with Crippen LogP contribution in [0.2, 0.25) is 0 Å². The van der Waals surface area contributed by atoms with Crippen molar-refractivity contribution in [3.05, 3.63) is 46.1 Å². The van der Waals surface area contributed by atoms with Crippen LogP contribution in [0.15, 0.2) is 24.3 Å². The third kappa shape index (κ3) is 3.71. The van der Waals surface area contributed by atoms with Gasteiger partial charge in [-0.2, -0.15) is 0 Å². The molecule has 0 saturated heterocycles. The first-order valence-electron chi connectivity index (χ1n) is 9.81. The van der Waals surface area contributed by atoms with E-state index in [1.807, 2.05) is 30.7 Å². The SMILES string of the molecule is Cc1ccc(-n2nnc(-c3nc(C)c(C(=O)NC4CCCCC4)s3)c2C)cc1. The zero-order valence-corrected chi connectivity index (χ0v) is 17.3. The fraction of sp³-hybridized carbons (Fsp3) is 0.429. The number of aromatic nitrogens is 4. The molecule has 0 unspecified atom stereocenters. The fourth-order valence-corrected chi connectivity index (χ4v) is 4.67. The molecule has 0 radical (unpaired) electrons. The molecule has 0 atom stereocenters. The number of thiazole rings is 1. The van der Waals surface area contributed by atoms with Crippen molar-refractivity contribution in [2.75, 3.05) is 0 Å². The third-order valence-corrected chi connectivity index (χ3v) is 6.48. The van der Waals surface area contributed by atoms with Crippen LogP contribution >= 0.6 is 11.3 Å². The van der Waals surface area contributed by atoms with Crippen molar-refractivity contribution >= 4 is 17.2 Å². The molecule has 1 N–H and O–H groups in total. The first kappa shape index (κ1) is 18.8. The van der Waals surface area contributed by atoms with Gasteiger partial charge in [0.2, 0.25) is 0 Å². The Labute approximate surface area is 169 Å². The van der Waals surface area contributed by atoms with Crippen LogP contribution in [0.4, 0.5) is 0 Å². The van der Waals surface area contributed by atoms with E-state index in [1.54, 1.807) is 0 Å². The monoisotopic (exact) mass is 395 g/mol. The zero-order chi connectivity index (χ0) is 19.7.